The molecule has 0 aromatic heterocycles. The average molecular weight is 1440 g/mol. The zero-order valence-corrected chi connectivity index (χ0v) is 53.9. The summed E-state index contributed by atoms with van der Waals surface area (Å²) in [4.78, 5) is 0. The minimum atomic E-state index is -4.67. The van der Waals surface area contributed by atoms with Crippen LogP contribution >= 0.6 is 0 Å². The van der Waals surface area contributed by atoms with E-state index in [1.165, 1.54) is 0 Å². The number of likely N-dealkylation sites (N-methyl/N-ethyl adjacent to an activating group) is 4. The molecule has 4 fully saturated rings. The van der Waals surface area contributed by atoms with Crippen LogP contribution < -0.4 is 55.7 Å². The lowest BCUT2D eigenvalue weighted by molar-refractivity contribution is -0.304. The Morgan fingerprint density at radius 2 is 0.725 bits per heavy atom. The van der Waals surface area contributed by atoms with Crippen molar-refractivity contribution in [1.82, 2.24) is 21.3 Å². The van der Waals surface area contributed by atoms with Crippen LogP contribution in [-0.4, -0.2) is 305 Å². The van der Waals surface area contributed by atoms with E-state index in [-0.39, 0.29) is 38.4 Å². The number of nitrogens with one attached hydrogen (secondary N) is 4. The molecule has 4 aliphatic heterocycles. The Kier molecular flexibility index (Phi) is 38.0. The summed E-state index contributed by atoms with van der Waals surface area (Å²) in [5.41, 5.74) is 33.9. The largest absolute Gasteiger partial charge is 0.467 e. The molecule has 44 nitrogen and oxygen atoms in total. The first-order chi connectivity index (χ1) is 41.2. The topological polar surface area (TPSA) is 772 Å². The highest BCUT2D eigenvalue weighted by Gasteiger charge is 2.53. The molecule has 0 aromatic rings. The summed E-state index contributed by atoms with van der Waals surface area (Å²) >= 11 is 0. The highest BCUT2D eigenvalue weighted by molar-refractivity contribution is 7.80. The Morgan fingerprint density at radius 3 is 0.956 bits per heavy atom. The van der Waals surface area contributed by atoms with Crippen molar-refractivity contribution in [1.29, 1.82) is 0 Å². The normalized spacial score (nSPS) is 36.9. The standard InChI is InChI=1S/2C21H41N5O7.5H2O4S/c2*1-4-26-13-7-12(24)16(32-19-11(23)6-5-10(8-22)31-19)14(27)17(13)33-20-15(28)18(25-3)21(2,29)9-30-20;5*1-5(2,3)4/h2*5,11-20,25-29H,4,6-9,22-24H2,1-3H3;5*(H2,1,2,3,4). The quantitative estimate of drug-likeness (QED) is 0.0638. The van der Waals surface area contributed by atoms with Gasteiger partial charge in [0.25, 0.3) is 0 Å². The van der Waals surface area contributed by atoms with Gasteiger partial charge < -0.3 is 124 Å². The molecule has 49 heteroatoms. The predicted molar refractivity (Wildman–Crippen MR) is 310 cm³/mol. The second kappa shape index (κ2) is 39.1. The maximum Gasteiger partial charge on any atom is 0.394 e. The van der Waals surface area contributed by atoms with Crippen LogP contribution in [0.15, 0.2) is 23.7 Å². The van der Waals surface area contributed by atoms with Gasteiger partial charge >= 0.3 is 52.0 Å². The van der Waals surface area contributed by atoms with Crippen molar-refractivity contribution in [3.63, 3.8) is 0 Å². The van der Waals surface area contributed by atoms with Gasteiger partial charge in [-0.05, 0) is 78.9 Å². The molecule has 32 N–H and O–H groups in total. The second-order valence-corrected chi connectivity index (χ2v) is 25.3. The summed E-state index contributed by atoms with van der Waals surface area (Å²) in [5, 5.41) is 77.5. The Balaban J connectivity index is 0.00000130. The molecule has 4 heterocycles. The summed E-state index contributed by atoms with van der Waals surface area (Å²) < 4.78 is 205. The van der Waals surface area contributed by atoms with E-state index in [0.29, 0.717) is 50.3 Å². The number of aliphatic hydroxyl groups excluding tert-OH is 4. The van der Waals surface area contributed by atoms with E-state index in [9.17, 15) is 30.6 Å². The lowest BCUT2D eigenvalue weighted by Gasteiger charge is -2.49. The van der Waals surface area contributed by atoms with Crippen LogP contribution in [0.5, 0.6) is 0 Å². The predicted octanol–water partition coefficient (Wildman–Crippen LogP) is -9.67. The Bertz CT molecular complexity index is 2460. The van der Waals surface area contributed by atoms with E-state index in [2.05, 4.69) is 21.3 Å². The number of rotatable bonds is 16. The van der Waals surface area contributed by atoms with Crippen LogP contribution in [0.1, 0.15) is 53.4 Å². The van der Waals surface area contributed by atoms with Gasteiger partial charge in [0.2, 0.25) is 12.6 Å². The fourth-order valence-electron chi connectivity index (χ4n) is 9.71. The lowest BCUT2D eigenvalue weighted by Crippen LogP contribution is -2.69. The average Bonchev–Trinajstić information content (AvgIpc) is 0.801. The SMILES string of the molecule is CCNC1CC(N)C(OC2OC(CN)=CCC2N)C(O)C1OC1OCC(C)(O)C(NC)C1O.CCNC1CC(N)C(OC2OC(CN)=CCC2N)C(O)C1OC1OCC(C)(O)C(NC)C1O.O=S(=O)(O)O.O=S(=O)(O)O.O=S(=O)(O)O.O=S(=O)(O)O.O=S(=O)(O)O. The minimum absolute atomic E-state index is 0.0483. The number of aliphatic hydroxyl groups is 6. The highest BCUT2D eigenvalue weighted by Crippen LogP contribution is 2.34. The molecule has 2 aliphatic carbocycles. The van der Waals surface area contributed by atoms with Gasteiger partial charge in [-0.2, -0.15) is 42.1 Å². The molecule has 22 atom stereocenters. The Labute approximate surface area is 525 Å². The molecule has 22 unspecified atom stereocenters. The van der Waals surface area contributed by atoms with E-state index in [0.717, 1.165) is 0 Å². The number of hydrogen-bond donors (Lipinski definition) is 26. The van der Waals surface area contributed by atoms with E-state index < -0.39 is 173 Å². The van der Waals surface area contributed by atoms with E-state index in [4.69, 9.17) is 160 Å². The van der Waals surface area contributed by atoms with Crippen LogP contribution in [0.25, 0.3) is 0 Å². The fourth-order valence-corrected chi connectivity index (χ4v) is 9.71. The van der Waals surface area contributed by atoms with Crippen molar-refractivity contribution in [2.75, 3.05) is 53.5 Å². The van der Waals surface area contributed by atoms with Gasteiger partial charge in [-0.1, -0.05) is 13.8 Å². The van der Waals surface area contributed by atoms with Gasteiger partial charge in [0.1, 0.15) is 71.6 Å². The summed E-state index contributed by atoms with van der Waals surface area (Å²) in [5.74, 6) is 1.14. The van der Waals surface area contributed by atoms with Crippen LogP contribution in [0.4, 0.5) is 0 Å². The Hall–Kier alpha value is -2.45. The summed E-state index contributed by atoms with van der Waals surface area (Å²) in [6.45, 7) is 8.61. The zero-order valence-electron chi connectivity index (χ0n) is 49.8. The molecule has 2 saturated heterocycles. The van der Waals surface area contributed by atoms with Crippen molar-refractivity contribution in [3.8, 4) is 0 Å². The van der Waals surface area contributed by atoms with Gasteiger partial charge in [0, 0.05) is 24.2 Å². The molecule has 0 aromatic carbocycles. The van der Waals surface area contributed by atoms with Gasteiger partial charge in [-0.25, -0.2) is 0 Å². The van der Waals surface area contributed by atoms with Crippen molar-refractivity contribution in [3.05, 3.63) is 23.7 Å². The van der Waals surface area contributed by atoms with Crippen molar-refractivity contribution >= 4 is 52.0 Å². The van der Waals surface area contributed by atoms with E-state index in [1.54, 1.807) is 27.9 Å². The fraction of sp³-hybridized carbons (Fsp3) is 0.905. The van der Waals surface area contributed by atoms with Gasteiger partial charge in [-0.3, -0.25) is 45.5 Å². The molecule has 0 spiro atoms. The number of ether oxygens (including phenoxy) is 8. The van der Waals surface area contributed by atoms with Gasteiger partial charge in [-0.15, -0.1) is 0 Å². The van der Waals surface area contributed by atoms with Crippen molar-refractivity contribution in [2.45, 2.75) is 187 Å². The van der Waals surface area contributed by atoms with Gasteiger partial charge in [0.15, 0.2) is 12.6 Å². The third kappa shape index (κ3) is 35.9. The first kappa shape index (κ1) is 88.5. The third-order valence-corrected chi connectivity index (χ3v) is 13.3. The molecule has 2 saturated carbocycles. The molecule has 544 valence electrons. The molecule has 0 amide bonds. The summed E-state index contributed by atoms with van der Waals surface area (Å²) in [6, 6.07) is -3.90. The lowest BCUT2D eigenvalue weighted by atomic mass is 9.83. The monoisotopic (exact) mass is 1440 g/mol. The van der Waals surface area contributed by atoms with E-state index in [1.807, 2.05) is 26.0 Å². The summed E-state index contributed by atoms with van der Waals surface area (Å²) in [6.07, 6.45) is -6.11. The molecule has 0 radical (unpaired) electrons. The van der Waals surface area contributed by atoms with Crippen molar-refractivity contribution < 1.29 is 156 Å². The molecule has 6 rings (SSSR count). The number of hydrogen-bond acceptors (Lipinski definition) is 34. The Morgan fingerprint density at radius 1 is 0.473 bits per heavy atom. The van der Waals surface area contributed by atoms with Crippen molar-refractivity contribution in [2.24, 2.45) is 34.4 Å². The molecular weight excluding hydrogens is 1350 g/mol. The van der Waals surface area contributed by atoms with Crippen LogP contribution in [0.2, 0.25) is 0 Å². The third-order valence-electron chi connectivity index (χ3n) is 13.3. The van der Waals surface area contributed by atoms with Gasteiger partial charge in [0.05, 0.1) is 50.5 Å². The maximum atomic E-state index is 11.3. The highest BCUT2D eigenvalue weighted by atomic mass is 32.3. The van der Waals surface area contributed by atoms with Crippen LogP contribution in [-0.2, 0) is 89.9 Å². The first-order valence-electron chi connectivity index (χ1n) is 26.7. The zero-order chi connectivity index (χ0) is 71.2. The second-order valence-electron chi connectivity index (χ2n) is 20.9. The van der Waals surface area contributed by atoms with E-state index >= 15 is 0 Å². The maximum absolute atomic E-state index is 11.3. The molecular formula is C42H92N10O34S5. The molecule has 91 heavy (non-hydrogen) atoms. The smallest absolute Gasteiger partial charge is 0.394 e. The van der Waals surface area contributed by atoms with Crippen LogP contribution in [0.3, 0.4) is 0 Å². The van der Waals surface area contributed by atoms with Crippen LogP contribution in [0, 0.1) is 0 Å². The molecule has 6 aliphatic rings. The summed E-state index contributed by atoms with van der Waals surface area (Å²) in [7, 11) is -20.1. The number of nitrogens with two attached hydrogens (primary N) is 6. The first-order valence-corrected chi connectivity index (χ1v) is 33.7. The minimum Gasteiger partial charge on any atom is -0.467 e. The molecule has 0 bridgehead atoms.